The average Bonchev–Trinajstić information content (AvgIpc) is 2.30. The van der Waals surface area contributed by atoms with Gasteiger partial charge in [0.1, 0.15) is 0 Å². The molecule has 0 aliphatic carbocycles. The van der Waals surface area contributed by atoms with Gasteiger partial charge in [0.05, 0.1) is 7.11 Å². The summed E-state index contributed by atoms with van der Waals surface area (Å²) in [6, 6.07) is 4.73. The minimum Gasteiger partial charge on any atom is -0.494 e. The molecule has 1 atom stereocenters. The van der Waals surface area contributed by atoms with E-state index < -0.39 is 0 Å². The first-order chi connectivity index (χ1) is 7.72. The number of hydrazine groups is 1. The Morgan fingerprint density at radius 2 is 2.31 bits per heavy atom. The van der Waals surface area contributed by atoms with Gasteiger partial charge in [0.2, 0.25) is 0 Å². The Labute approximate surface area is 99.7 Å². The Balaban J connectivity index is 2.80. The Morgan fingerprint density at radius 3 is 2.81 bits per heavy atom. The molecule has 0 fully saturated rings. The Kier molecular flexibility index (Phi) is 5.52. The van der Waals surface area contributed by atoms with Crippen LogP contribution in [-0.2, 0) is 0 Å². The van der Waals surface area contributed by atoms with Crippen LogP contribution in [0.3, 0.4) is 0 Å². The molecule has 0 saturated carbocycles. The first-order valence-electron chi connectivity index (χ1n) is 5.08. The number of hydrogen-bond acceptors (Lipinski definition) is 3. The van der Waals surface area contributed by atoms with Crippen molar-refractivity contribution in [1.29, 1.82) is 0 Å². The fourth-order valence-corrected chi connectivity index (χ4v) is 1.68. The Bertz CT molecular complexity index is 336. The van der Waals surface area contributed by atoms with Crippen molar-refractivity contribution in [1.82, 2.24) is 5.43 Å². The predicted octanol–water partition coefficient (Wildman–Crippen LogP) is 2.36. The van der Waals surface area contributed by atoms with Crippen LogP contribution in [-0.4, -0.2) is 13.0 Å². The molecule has 1 aromatic carbocycles. The summed E-state index contributed by atoms with van der Waals surface area (Å²) >= 11 is 5.61. The zero-order chi connectivity index (χ0) is 12.0. The van der Waals surface area contributed by atoms with Gasteiger partial charge < -0.3 is 4.74 Å². The number of halogens is 2. The number of benzene rings is 1. The monoisotopic (exact) mass is 246 g/mol. The van der Waals surface area contributed by atoms with Crippen molar-refractivity contribution in [2.75, 3.05) is 13.0 Å². The van der Waals surface area contributed by atoms with Crippen LogP contribution in [0.15, 0.2) is 18.2 Å². The molecule has 0 spiro atoms. The fourth-order valence-electron chi connectivity index (χ4n) is 1.53. The van der Waals surface area contributed by atoms with Crippen LogP contribution < -0.4 is 16.0 Å². The zero-order valence-corrected chi connectivity index (χ0v) is 9.93. The molecular weight excluding hydrogens is 231 g/mol. The lowest BCUT2D eigenvalue weighted by Crippen LogP contribution is -2.28. The minimum absolute atomic E-state index is 0.0841. The van der Waals surface area contributed by atoms with Crippen LogP contribution in [0.5, 0.6) is 5.75 Å². The van der Waals surface area contributed by atoms with Crippen LogP contribution in [0.2, 0.25) is 0 Å². The van der Waals surface area contributed by atoms with Crippen molar-refractivity contribution >= 4 is 11.6 Å². The van der Waals surface area contributed by atoms with Gasteiger partial charge >= 0.3 is 0 Å². The molecule has 3 N–H and O–H groups in total. The maximum Gasteiger partial charge on any atom is 0.165 e. The lowest BCUT2D eigenvalue weighted by atomic mass is 10.0. The number of nitrogens with one attached hydrogen (secondary N) is 1. The van der Waals surface area contributed by atoms with Crippen LogP contribution in [0.4, 0.5) is 4.39 Å². The first kappa shape index (κ1) is 13.2. The molecule has 0 aromatic heterocycles. The largest absolute Gasteiger partial charge is 0.494 e. The summed E-state index contributed by atoms with van der Waals surface area (Å²) in [6.45, 7) is 0. The summed E-state index contributed by atoms with van der Waals surface area (Å²) in [7, 11) is 1.43. The molecule has 0 amide bonds. The van der Waals surface area contributed by atoms with Crippen LogP contribution in [0, 0.1) is 5.82 Å². The van der Waals surface area contributed by atoms with Gasteiger partial charge in [-0.15, -0.1) is 11.6 Å². The number of rotatable bonds is 6. The van der Waals surface area contributed by atoms with E-state index in [1.807, 2.05) is 0 Å². The molecule has 0 aliphatic heterocycles. The van der Waals surface area contributed by atoms with E-state index in [1.165, 1.54) is 13.2 Å². The smallest absolute Gasteiger partial charge is 0.165 e. The third-order valence-corrected chi connectivity index (χ3v) is 2.67. The van der Waals surface area contributed by atoms with Crippen LogP contribution >= 0.6 is 11.6 Å². The third-order valence-electron chi connectivity index (χ3n) is 2.41. The molecule has 90 valence electrons. The minimum atomic E-state index is -0.383. The molecule has 0 saturated heterocycles. The molecule has 1 aromatic rings. The van der Waals surface area contributed by atoms with Gasteiger partial charge in [-0.2, -0.15) is 0 Å². The van der Waals surface area contributed by atoms with Gasteiger partial charge in [0.25, 0.3) is 0 Å². The standard InChI is InChI=1S/C11H16ClFN2O/c1-16-11-5-4-8(7-9(11)13)10(15-14)3-2-6-12/h4-5,7,10,15H,2-3,6,14H2,1H3. The number of methoxy groups -OCH3 is 1. The molecule has 16 heavy (non-hydrogen) atoms. The highest BCUT2D eigenvalue weighted by Crippen LogP contribution is 2.24. The summed E-state index contributed by atoms with van der Waals surface area (Å²) in [5.74, 6) is 5.84. The summed E-state index contributed by atoms with van der Waals surface area (Å²) in [5, 5.41) is 0. The average molecular weight is 247 g/mol. The second kappa shape index (κ2) is 6.68. The summed E-state index contributed by atoms with van der Waals surface area (Å²) < 4.78 is 18.3. The summed E-state index contributed by atoms with van der Waals surface area (Å²) in [4.78, 5) is 0. The summed E-state index contributed by atoms with van der Waals surface area (Å²) in [5.41, 5.74) is 3.45. The van der Waals surface area contributed by atoms with Gasteiger partial charge in [-0.1, -0.05) is 6.07 Å². The molecular formula is C11H16ClFN2O. The van der Waals surface area contributed by atoms with Crippen molar-refractivity contribution in [3.63, 3.8) is 0 Å². The number of ether oxygens (including phenoxy) is 1. The lowest BCUT2D eigenvalue weighted by molar-refractivity contribution is 0.385. The van der Waals surface area contributed by atoms with Crippen molar-refractivity contribution < 1.29 is 9.13 Å². The highest BCUT2D eigenvalue weighted by atomic mass is 35.5. The van der Waals surface area contributed by atoms with Gasteiger partial charge in [-0.05, 0) is 30.5 Å². The van der Waals surface area contributed by atoms with Crippen molar-refractivity contribution in [3.05, 3.63) is 29.6 Å². The highest BCUT2D eigenvalue weighted by molar-refractivity contribution is 6.17. The topological polar surface area (TPSA) is 47.3 Å². The second-order valence-corrected chi connectivity index (χ2v) is 3.82. The van der Waals surface area contributed by atoms with E-state index in [-0.39, 0.29) is 17.6 Å². The molecule has 0 bridgehead atoms. The second-order valence-electron chi connectivity index (χ2n) is 3.44. The Morgan fingerprint density at radius 1 is 1.56 bits per heavy atom. The maximum atomic E-state index is 13.4. The molecule has 5 heteroatoms. The highest BCUT2D eigenvalue weighted by Gasteiger charge is 2.12. The van der Waals surface area contributed by atoms with E-state index >= 15 is 0 Å². The van der Waals surface area contributed by atoms with Crippen molar-refractivity contribution in [2.24, 2.45) is 5.84 Å². The quantitative estimate of drug-likeness (QED) is 0.460. The fraction of sp³-hybridized carbons (Fsp3) is 0.455. The van der Waals surface area contributed by atoms with Gasteiger partial charge in [-0.25, -0.2) is 4.39 Å². The van der Waals surface area contributed by atoms with Crippen molar-refractivity contribution in [2.45, 2.75) is 18.9 Å². The number of alkyl halides is 1. The van der Waals surface area contributed by atoms with E-state index in [2.05, 4.69) is 5.43 Å². The maximum absolute atomic E-state index is 13.4. The van der Waals surface area contributed by atoms with Crippen LogP contribution in [0.1, 0.15) is 24.4 Å². The summed E-state index contributed by atoms with van der Waals surface area (Å²) in [6.07, 6.45) is 1.59. The number of nitrogens with two attached hydrogens (primary N) is 1. The van der Waals surface area contributed by atoms with Crippen molar-refractivity contribution in [3.8, 4) is 5.75 Å². The first-order valence-corrected chi connectivity index (χ1v) is 5.62. The van der Waals surface area contributed by atoms with Gasteiger partial charge in [0, 0.05) is 11.9 Å². The molecule has 0 heterocycles. The molecule has 3 nitrogen and oxygen atoms in total. The van der Waals surface area contributed by atoms with E-state index in [1.54, 1.807) is 12.1 Å². The van der Waals surface area contributed by atoms with E-state index in [0.29, 0.717) is 5.88 Å². The van der Waals surface area contributed by atoms with E-state index in [9.17, 15) is 4.39 Å². The third kappa shape index (κ3) is 3.33. The van der Waals surface area contributed by atoms with E-state index in [4.69, 9.17) is 22.2 Å². The molecule has 1 rings (SSSR count). The van der Waals surface area contributed by atoms with Crippen LogP contribution in [0.25, 0.3) is 0 Å². The van der Waals surface area contributed by atoms with Gasteiger partial charge in [0.15, 0.2) is 11.6 Å². The molecule has 1 unspecified atom stereocenters. The lowest BCUT2D eigenvalue weighted by Gasteiger charge is -2.16. The SMILES string of the molecule is COc1ccc(C(CCCCl)NN)cc1F. The number of hydrogen-bond donors (Lipinski definition) is 2. The molecule has 0 radical (unpaired) electrons. The zero-order valence-electron chi connectivity index (χ0n) is 9.17. The molecule has 0 aliphatic rings. The Hall–Kier alpha value is -0.840. The van der Waals surface area contributed by atoms with E-state index in [0.717, 1.165) is 18.4 Å². The predicted molar refractivity (Wildman–Crippen MR) is 63.0 cm³/mol. The van der Waals surface area contributed by atoms with Gasteiger partial charge in [-0.3, -0.25) is 11.3 Å². The normalized spacial score (nSPS) is 12.5.